The predicted octanol–water partition coefficient (Wildman–Crippen LogP) is 4.72. The van der Waals surface area contributed by atoms with Crippen molar-refractivity contribution in [1.29, 1.82) is 0 Å². The Bertz CT molecular complexity index is 178. The molecule has 0 aromatic heterocycles. The van der Waals surface area contributed by atoms with Crippen LogP contribution in [-0.4, -0.2) is 13.1 Å². The highest BCUT2D eigenvalue weighted by Gasteiger charge is 2.00. The van der Waals surface area contributed by atoms with E-state index in [1.54, 1.807) is 0 Å². The lowest BCUT2D eigenvalue weighted by molar-refractivity contribution is -0.140. The lowest BCUT2D eigenvalue weighted by Gasteiger charge is -2.07. The Balaban J connectivity index is 3.06. The minimum absolute atomic E-state index is 0.0708. The number of unbranched alkanes of at least 4 members (excludes halogenated alkanes) is 6. The van der Waals surface area contributed by atoms with Crippen LogP contribution in [0.4, 0.5) is 0 Å². The van der Waals surface area contributed by atoms with Crippen LogP contribution in [0.25, 0.3) is 0 Å². The summed E-state index contributed by atoms with van der Waals surface area (Å²) in [6, 6.07) is 0. The van der Waals surface area contributed by atoms with Gasteiger partial charge in [0.1, 0.15) is 0 Å². The van der Waals surface area contributed by atoms with Crippen molar-refractivity contribution in [1.82, 2.24) is 0 Å². The molecule has 0 N–H and O–H groups in total. The average Bonchev–Trinajstić information content (AvgIpc) is 2.35. The van der Waals surface area contributed by atoms with Gasteiger partial charge in [-0.15, -0.1) is 0 Å². The van der Waals surface area contributed by atoms with Gasteiger partial charge in [0.25, 0.3) is 0 Å². The fourth-order valence-electron chi connectivity index (χ4n) is 1.95. The maximum atomic E-state index is 10.9. The summed E-state index contributed by atoms with van der Waals surface area (Å²) in [5.74, 6) is 0.827. The summed E-state index contributed by atoms with van der Waals surface area (Å²) in [5, 5.41) is 0. The number of ether oxygens (including phenoxy) is 1. The normalized spacial score (nSPS) is 12.4. The molecule has 0 aliphatic rings. The van der Waals surface area contributed by atoms with Crippen molar-refractivity contribution < 1.29 is 9.53 Å². The number of carbonyl (C=O) groups is 1. The van der Waals surface area contributed by atoms with Gasteiger partial charge >= 0.3 is 5.97 Å². The molecule has 2 nitrogen and oxygen atoms in total. The van der Waals surface area contributed by atoms with E-state index in [-0.39, 0.29) is 5.97 Å². The lowest BCUT2D eigenvalue weighted by atomic mass is 10.00. The molecule has 0 spiro atoms. The van der Waals surface area contributed by atoms with E-state index >= 15 is 0 Å². The highest BCUT2D eigenvalue weighted by atomic mass is 16.5. The molecule has 0 aliphatic heterocycles. The van der Waals surface area contributed by atoms with Gasteiger partial charge < -0.3 is 4.74 Å². The zero-order valence-corrected chi connectivity index (χ0v) is 12.0. The Labute approximate surface area is 107 Å². The molecule has 0 saturated heterocycles. The fraction of sp³-hybridized carbons (Fsp3) is 0.933. The van der Waals surface area contributed by atoms with Crippen LogP contribution in [0, 0.1) is 5.92 Å². The second kappa shape index (κ2) is 11.9. The third-order valence-corrected chi connectivity index (χ3v) is 3.50. The topological polar surface area (TPSA) is 26.3 Å². The molecule has 17 heavy (non-hydrogen) atoms. The largest absolute Gasteiger partial charge is 0.469 e. The van der Waals surface area contributed by atoms with E-state index < -0.39 is 0 Å². The van der Waals surface area contributed by atoms with Crippen LogP contribution in [0.5, 0.6) is 0 Å². The van der Waals surface area contributed by atoms with Gasteiger partial charge in [-0.2, -0.15) is 0 Å². The summed E-state index contributed by atoms with van der Waals surface area (Å²) in [6.07, 6.45) is 12.1. The summed E-state index contributed by atoms with van der Waals surface area (Å²) in [4.78, 5) is 10.9. The van der Waals surface area contributed by atoms with Gasteiger partial charge in [-0.1, -0.05) is 65.2 Å². The third-order valence-electron chi connectivity index (χ3n) is 3.50. The average molecular weight is 242 g/mol. The van der Waals surface area contributed by atoms with E-state index in [9.17, 15) is 4.79 Å². The molecule has 0 radical (unpaired) electrons. The van der Waals surface area contributed by atoms with Crippen LogP contribution < -0.4 is 0 Å². The monoisotopic (exact) mass is 242 g/mol. The van der Waals surface area contributed by atoms with E-state index in [1.165, 1.54) is 58.5 Å². The van der Waals surface area contributed by atoms with Crippen molar-refractivity contribution in [3.63, 3.8) is 0 Å². The second-order valence-corrected chi connectivity index (χ2v) is 5.10. The summed E-state index contributed by atoms with van der Waals surface area (Å²) in [7, 11) is 1.46. The van der Waals surface area contributed by atoms with Crippen LogP contribution in [0.2, 0.25) is 0 Å². The van der Waals surface area contributed by atoms with E-state index in [4.69, 9.17) is 0 Å². The molecule has 0 aromatic rings. The fourth-order valence-corrected chi connectivity index (χ4v) is 1.95. The van der Waals surface area contributed by atoms with Crippen molar-refractivity contribution >= 4 is 5.97 Å². The first-order valence-corrected chi connectivity index (χ1v) is 7.27. The number of carbonyl (C=O) groups excluding carboxylic acids is 1. The van der Waals surface area contributed by atoms with Crippen molar-refractivity contribution in [3.05, 3.63) is 0 Å². The van der Waals surface area contributed by atoms with Gasteiger partial charge in [0, 0.05) is 6.42 Å². The van der Waals surface area contributed by atoms with E-state index in [1.807, 2.05) is 0 Å². The van der Waals surface area contributed by atoms with Gasteiger partial charge in [0.15, 0.2) is 0 Å². The van der Waals surface area contributed by atoms with E-state index in [2.05, 4.69) is 18.6 Å². The zero-order valence-electron chi connectivity index (χ0n) is 12.0. The van der Waals surface area contributed by atoms with Gasteiger partial charge in [0.2, 0.25) is 0 Å². The third kappa shape index (κ3) is 11.7. The Kier molecular flexibility index (Phi) is 11.6. The number of rotatable bonds is 11. The number of esters is 1. The Morgan fingerprint density at radius 1 is 1.00 bits per heavy atom. The summed E-state index contributed by atoms with van der Waals surface area (Å²) < 4.78 is 4.60. The summed E-state index contributed by atoms with van der Waals surface area (Å²) in [6.45, 7) is 4.61. The quantitative estimate of drug-likeness (QED) is 0.387. The highest BCUT2D eigenvalue weighted by Crippen LogP contribution is 2.14. The standard InChI is InChI=1S/C15H30O2/c1-4-14(2)12-10-8-6-5-7-9-11-13-15(16)17-3/h14H,4-13H2,1-3H3. The molecular weight excluding hydrogens is 212 g/mol. The summed E-state index contributed by atoms with van der Waals surface area (Å²) >= 11 is 0. The first kappa shape index (κ1) is 16.5. The molecule has 0 aliphatic carbocycles. The Hall–Kier alpha value is -0.530. The zero-order chi connectivity index (χ0) is 12.9. The molecule has 0 fully saturated rings. The van der Waals surface area contributed by atoms with Crippen LogP contribution in [0.3, 0.4) is 0 Å². The smallest absolute Gasteiger partial charge is 0.305 e. The van der Waals surface area contributed by atoms with Crippen molar-refractivity contribution in [3.8, 4) is 0 Å². The first-order chi connectivity index (χ1) is 8.20. The minimum atomic E-state index is -0.0708. The molecule has 1 atom stereocenters. The molecule has 0 saturated carbocycles. The number of methoxy groups -OCH3 is 1. The minimum Gasteiger partial charge on any atom is -0.469 e. The Morgan fingerprint density at radius 3 is 2.06 bits per heavy atom. The van der Waals surface area contributed by atoms with Gasteiger partial charge in [0.05, 0.1) is 7.11 Å². The van der Waals surface area contributed by atoms with Crippen LogP contribution in [0.15, 0.2) is 0 Å². The molecule has 1 unspecified atom stereocenters. The summed E-state index contributed by atoms with van der Waals surface area (Å²) in [5.41, 5.74) is 0. The van der Waals surface area contributed by atoms with Crippen LogP contribution >= 0.6 is 0 Å². The molecule has 0 amide bonds. The van der Waals surface area contributed by atoms with Crippen molar-refractivity contribution in [2.24, 2.45) is 5.92 Å². The van der Waals surface area contributed by atoms with Crippen LogP contribution in [0.1, 0.15) is 78.1 Å². The van der Waals surface area contributed by atoms with E-state index in [0.29, 0.717) is 6.42 Å². The molecule has 102 valence electrons. The number of hydrogen-bond donors (Lipinski definition) is 0. The van der Waals surface area contributed by atoms with Crippen LogP contribution in [-0.2, 0) is 9.53 Å². The number of hydrogen-bond acceptors (Lipinski definition) is 2. The molecular formula is C15H30O2. The lowest BCUT2D eigenvalue weighted by Crippen LogP contribution is -1.99. The second-order valence-electron chi connectivity index (χ2n) is 5.10. The van der Waals surface area contributed by atoms with Gasteiger partial charge in [-0.25, -0.2) is 0 Å². The Morgan fingerprint density at radius 2 is 1.53 bits per heavy atom. The SMILES string of the molecule is CCC(C)CCCCCCCCCC(=O)OC. The maximum Gasteiger partial charge on any atom is 0.305 e. The molecule has 0 heterocycles. The first-order valence-electron chi connectivity index (χ1n) is 7.27. The maximum absolute atomic E-state index is 10.9. The van der Waals surface area contributed by atoms with Crippen molar-refractivity contribution in [2.45, 2.75) is 78.1 Å². The molecule has 0 aromatic carbocycles. The molecule has 0 rings (SSSR count). The van der Waals surface area contributed by atoms with Gasteiger partial charge in [-0.3, -0.25) is 4.79 Å². The van der Waals surface area contributed by atoms with Gasteiger partial charge in [-0.05, 0) is 12.3 Å². The molecule has 0 bridgehead atoms. The van der Waals surface area contributed by atoms with E-state index in [0.717, 1.165) is 12.3 Å². The highest BCUT2D eigenvalue weighted by molar-refractivity contribution is 5.68. The predicted molar refractivity (Wildman–Crippen MR) is 73.0 cm³/mol. The molecule has 2 heteroatoms. The van der Waals surface area contributed by atoms with Crippen molar-refractivity contribution in [2.75, 3.05) is 7.11 Å².